The van der Waals surface area contributed by atoms with Gasteiger partial charge in [-0.2, -0.15) is 0 Å². The largest absolute Gasteiger partial charge is 0.454 e. The lowest BCUT2D eigenvalue weighted by atomic mass is 10.0. The maximum absolute atomic E-state index is 14.0. The van der Waals surface area contributed by atoms with Gasteiger partial charge in [0.2, 0.25) is 0 Å². The maximum Gasteiger partial charge on any atom is 0.167 e. The molecule has 0 unspecified atom stereocenters. The van der Waals surface area contributed by atoms with E-state index in [1.54, 1.807) is 12.1 Å². The summed E-state index contributed by atoms with van der Waals surface area (Å²) in [6.45, 7) is 1.82. The molecule has 0 aliphatic heterocycles. The molecular formula is C20H14ClF2NO2. The van der Waals surface area contributed by atoms with Crippen LogP contribution in [0.25, 0.3) is 0 Å². The van der Waals surface area contributed by atoms with Gasteiger partial charge in [0.05, 0.1) is 0 Å². The SMILES string of the molecule is Cc1ccc(F)c(CC(=O)c2ccc(F)c(Oc3ccnc(Cl)c3)c2)c1. The number of ketones is 1. The number of halogens is 3. The van der Waals surface area contributed by atoms with Crippen LogP contribution in [-0.2, 0) is 6.42 Å². The maximum atomic E-state index is 14.0. The zero-order valence-corrected chi connectivity index (χ0v) is 14.6. The normalized spacial score (nSPS) is 10.6. The van der Waals surface area contributed by atoms with Crippen molar-refractivity contribution in [1.82, 2.24) is 4.98 Å². The lowest BCUT2D eigenvalue weighted by molar-refractivity contribution is 0.0991. The first-order chi connectivity index (χ1) is 12.4. The number of aryl methyl sites for hydroxylation is 1. The first kappa shape index (κ1) is 18.0. The fraction of sp³-hybridized carbons (Fsp3) is 0.100. The number of carbonyl (C=O) groups is 1. The molecular weight excluding hydrogens is 360 g/mol. The fourth-order valence-electron chi connectivity index (χ4n) is 2.44. The van der Waals surface area contributed by atoms with E-state index in [1.165, 1.54) is 36.5 Å². The van der Waals surface area contributed by atoms with Crippen molar-refractivity contribution < 1.29 is 18.3 Å². The van der Waals surface area contributed by atoms with Gasteiger partial charge in [-0.1, -0.05) is 29.3 Å². The van der Waals surface area contributed by atoms with Gasteiger partial charge in [-0.3, -0.25) is 4.79 Å². The number of carbonyl (C=O) groups excluding carboxylic acids is 1. The van der Waals surface area contributed by atoms with Gasteiger partial charge in [0.1, 0.15) is 16.7 Å². The lowest BCUT2D eigenvalue weighted by Gasteiger charge is -2.09. The number of rotatable bonds is 5. The molecule has 0 N–H and O–H groups in total. The van der Waals surface area contributed by atoms with Crippen LogP contribution in [0.2, 0.25) is 5.15 Å². The number of hydrogen-bond donors (Lipinski definition) is 0. The van der Waals surface area contributed by atoms with E-state index in [-0.39, 0.29) is 28.7 Å². The van der Waals surface area contributed by atoms with E-state index in [9.17, 15) is 13.6 Å². The Labute approximate surface area is 154 Å². The molecule has 0 atom stereocenters. The summed E-state index contributed by atoms with van der Waals surface area (Å²) in [4.78, 5) is 16.3. The average molecular weight is 374 g/mol. The van der Waals surface area contributed by atoms with Crippen LogP contribution >= 0.6 is 11.6 Å². The molecule has 6 heteroatoms. The number of benzene rings is 2. The number of pyridine rings is 1. The Kier molecular flexibility index (Phi) is 5.28. The highest BCUT2D eigenvalue weighted by Gasteiger charge is 2.14. The van der Waals surface area contributed by atoms with E-state index in [4.69, 9.17) is 16.3 Å². The zero-order valence-electron chi connectivity index (χ0n) is 13.8. The summed E-state index contributed by atoms with van der Waals surface area (Å²) >= 11 is 5.78. The number of aromatic nitrogens is 1. The molecule has 3 aromatic rings. The Morgan fingerprint density at radius 3 is 2.62 bits per heavy atom. The highest BCUT2D eigenvalue weighted by molar-refractivity contribution is 6.29. The standard InChI is InChI=1S/C20H14ClF2NO2/c1-12-2-4-16(22)14(8-12)9-18(25)13-3-5-17(23)19(10-13)26-15-6-7-24-20(21)11-15/h2-8,10-11H,9H2,1H3. The van der Waals surface area contributed by atoms with Crippen molar-refractivity contribution in [2.75, 3.05) is 0 Å². The van der Waals surface area contributed by atoms with Gasteiger partial charge >= 0.3 is 0 Å². The molecule has 0 saturated heterocycles. The quantitative estimate of drug-likeness (QED) is 0.435. The van der Waals surface area contributed by atoms with Gasteiger partial charge in [0.15, 0.2) is 17.3 Å². The van der Waals surface area contributed by atoms with E-state index < -0.39 is 11.6 Å². The van der Waals surface area contributed by atoms with Crippen molar-refractivity contribution in [2.24, 2.45) is 0 Å². The molecule has 3 nitrogen and oxygen atoms in total. The van der Waals surface area contributed by atoms with Crippen LogP contribution in [0, 0.1) is 18.6 Å². The number of Topliss-reactive ketones (excluding diaryl/α,β-unsaturated/α-hetero) is 1. The second-order valence-corrected chi connectivity index (χ2v) is 6.14. The summed E-state index contributed by atoms with van der Waals surface area (Å²) in [6.07, 6.45) is 1.30. The first-order valence-corrected chi connectivity index (χ1v) is 8.17. The van der Waals surface area contributed by atoms with Gasteiger partial charge in [-0.25, -0.2) is 13.8 Å². The molecule has 132 valence electrons. The van der Waals surface area contributed by atoms with Gasteiger partial charge < -0.3 is 4.74 Å². The minimum Gasteiger partial charge on any atom is -0.454 e. The monoisotopic (exact) mass is 373 g/mol. The molecule has 26 heavy (non-hydrogen) atoms. The molecule has 1 aromatic heterocycles. The van der Waals surface area contributed by atoms with Crippen molar-refractivity contribution in [3.63, 3.8) is 0 Å². The zero-order chi connectivity index (χ0) is 18.7. The minimum absolute atomic E-state index is 0.122. The summed E-state index contributed by atoms with van der Waals surface area (Å²) in [5, 5.41) is 0.199. The molecule has 0 aliphatic carbocycles. The van der Waals surface area contributed by atoms with Gasteiger partial charge in [-0.05, 0) is 42.8 Å². The summed E-state index contributed by atoms with van der Waals surface area (Å²) < 4.78 is 33.3. The molecule has 0 saturated carbocycles. The number of hydrogen-bond acceptors (Lipinski definition) is 3. The molecule has 1 heterocycles. The van der Waals surface area contributed by atoms with Crippen LogP contribution in [0.5, 0.6) is 11.5 Å². The molecule has 0 radical (unpaired) electrons. The number of nitrogens with zero attached hydrogens (tertiary/aromatic N) is 1. The summed E-state index contributed by atoms with van der Waals surface area (Å²) in [6, 6.07) is 11.3. The van der Waals surface area contributed by atoms with Crippen LogP contribution in [0.3, 0.4) is 0 Å². The third kappa shape index (κ3) is 4.24. The second kappa shape index (κ2) is 7.62. The molecule has 2 aromatic carbocycles. The van der Waals surface area contributed by atoms with E-state index in [1.807, 2.05) is 6.92 Å². The smallest absolute Gasteiger partial charge is 0.167 e. The van der Waals surface area contributed by atoms with Crippen molar-refractivity contribution in [3.05, 3.63) is 88.2 Å². The Morgan fingerprint density at radius 1 is 1.08 bits per heavy atom. The van der Waals surface area contributed by atoms with Crippen molar-refractivity contribution in [3.8, 4) is 11.5 Å². The van der Waals surface area contributed by atoms with Crippen LogP contribution in [0.15, 0.2) is 54.7 Å². The Bertz CT molecular complexity index is 976. The molecule has 0 bridgehead atoms. The van der Waals surface area contributed by atoms with Crippen LogP contribution < -0.4 is 4.74 Å². The van der Waals surface area contributed by atoms with Gasteiger partial charge in [-0.15, -0.1) is 0 Å². The van der Waals surface area contributed by atoms with Crippen molar-refractivity contribution in [2.45, 2.75) is 13.3 Å². The van der Waals surface area contributed by atoms with E-state index in [2.05, 4.69) is 4.98 Å². The lowest BCUT2D eigenvalue weighted by Crippen LogP contribution is -2.06. The fourth-order valence-corrected chi connectivity index (χ4v) is 2.61. The highest BCUT2D eigenvalue weighted by Crippen LogP contribution is 2.27. The average Bonchev–Trinajstić information content (AvgIpc) is 2.60. The van der Waals surface area contributed by atoms with E-state index in [0.717, 1.165) is 11.6 Å². The van der Waals surface area contributed by atoms with E-state index in [0.29, 0.717) is 11.3 Å². The van der Waals surface area contributed by atoms with Crippen LogP contribution in [-0.4, -0.2) is 10.8 Å². The number of ether oxygens (including phenoxy) is 1. The Hall–Kier alpha value is -2.79. The first-order valence-electron chi connectivity index (χ1n) is 7.79. The summed E-state index contributed by atoms with van der Waals surface area (Å²) in [7, 11) is 0. The van der Waals surface area contributed by atoms with Crippen LogP contribution in [0.4, 0.5) is 8.78 Å². The Balaban J connectivity index is 1.84. The second-order valence-electron chi connectivity index (χ2n) is 5.76. The van der Waals surface area contributed by atoms with Gasteiger partial charge in [0, 0.05) is 24.2 Å². The highest BCUT2D eigenvalue weighted by atomic mass is 35.5. The minimum atomic E-state index is -0.628. The summed E-state index contributed by atoms with van der Waals surface area (Å²) in [5.74, 6) is -1.25. The molecule has 3 rings (SSSR count). The third-order valence-electron chi connectivity index (χ3n) is 3.73. The van der Waals surface area contributed by atoms with E-state index >= 15 is 0 Å². The Morgan fingerprint density at radius 2 is 1.85 bits per heavy atom. The topological polar surface area (TPSA) is 39.2 Å². The molecule has 0 aliphatic rings. The van der Waals surface area contributed by atoms with Crippen molar-refractivity contribution in [1.29, 1.82) is 0 Å². The third-order valence-corrected chi connectivity index (χ3v) is 3.94. The summed E-state index contributed by atoms with van der Waals surface area (Å²) in [5.41, 5.74) is 1.37. The molecule has 0 fully saturated rings. The van der Waals surface area contributed by atoms with Crippen LogP contribution in [0.1, 0.15) is 21.5 Å². The van der Waals surface area contributed by atoms with Crippen molar-refractivity contribution >= 4 is 17.4 Å². The predicted molar refractivity (Wildman–Crippen MR) is 94.9 cm³/mol. The molecule has 0 spiro atoms. The van der Waals surface area contributed by atoms with Gasteiger partial charge in [0.25, 0.3) is 0 Å². The molecule has 0 amide bonds. The predicted octanol–water partition coefficient (Wildman–Crippen LogP) is 5.54.